The van der Waals surface area contributed by atoms with Gasteiger partial charge in [-0.2, -0.15) is 0 Å². The van der Waals surface area contributed by atoms with Gasteiger partial charge in [0.2, 0.25) is 0 Å². The van der Waals surface area contributed by atoms with Crippen LogP contribution in [0.2, 0.25) is 0 Å². The summed E-state index contributed by atoms with van der Waals surface area (Å²) in [5.74, 6) is -0.409. The molecular formula is C13H15N3O2. The summed E-state index contributed by atoms with van der Waals surface area (Å²) in [7, 11) is 0. The minimum atomic E-state index is -0.672. The van der Waals surface area contributed by atoms with E-state index in [1.165, 1.54) is 0 Å². The van der Waals surface area contributed by atoms with Crippen molar-refractivity contribution < 1.29 is 9.53 Å². The number of aromatic amines is 1. The molecule has 94 valence electrons. The highest BCUT2D eigenvalue weighted by atomic mass is 16.5. The Morgan fingerprint density at radius 1 is 1.39 bits per heavy atom. The second-order valence-electron chi connectivity index (χ2n) is 3.98. The number of carbonyl (C=O) groups excluding carboxylic acids is 1. The Kier molecular flexibility index (Phi) is 4.09. The molecule has 0 fully saturated rings. The van der Waals surface area contributed by atoms with Crippen LogP contribution >= 0.6 is 0 Å². The molecule has 0 aliphatic rings. The number of esters is 1. The van der Waals surface area contributed by atoms with Crippen LogP contribution in [0, 0.1) is 0 Å². The largest absolute Gasteiger partial charge is 0.460 e. The van der Waals surface area contributed by atoms with Gasteiger partial charge in [-0.15, -0.1) is 0 Å². The van der Waals surface area contributed by atoms with Crippen LogP contribution in [0.15, 0.2) is 42.9 Å². The van der Waals surface area contributed by atoms with E-state index in [1.807, 2.05) is 30.3 Å². The number of hydrogen-bond acceptors (Lipinski definition) is 4. The number of ether oxygens (including phenoxy) is 1. The molecule has 0 aliphatic carbocycles. The van der Waals surface area contributed by atoms with Gasteiger partial charge in [0.05, 0.1) is 6.33 Å². The Bertz CT molecular complexity index is 482. The average molecular weight is 245 g/mol. The van der Waals surface area contributed by atoms with E-state index >= 15 is 0 Å². The lowest BCUT2D eigenvalue weighted by Gasteiger charge is -2.10. The van der Waals surface area contributed by atoms with Gasteiger partial charge in [0.15, 0.2) is 0 Å². The first-order valence-electron chi connectivity index (χ1n) is 5.69. The van der Waals surface area contributed by atoms with Gasteiger partial charge in [-0.1, -0.05) is 30.3 Å². The smallest absolute Gasteiger partial charge is 0.323 e. The minimum Gasteiger partial charge on any atom is -0.460 e. The van der Waals surface area contributed by atoms with Gasteiger partial charge < -0.3 is 15.5 Å². The van der Waals surface area contributed by atoms with Crippen LogP contribution in [-0.4, -0.2) is 22.0 Å². The third-order valence-corrected chi connectivity index (χ3v) is 2.52. The van der Waals surface area contributed by atoms with Crippen molar-refractivity contribution in [3.05, 3.63) is 54.1 Å². The average Bonchev–Trinajstić information content (AvgIpc) is 2.90. The van der Waals surface area contributed by atoms with E-state index in [4.69, 9.17) is 10.5 Å². The normalized spacial score (nSPS) is 12.1. The van der Waals surface area contributed by atoms with Crippen LogP contribution in [0.1, 0.15) is 11.3 Å². The van der Waals surface area contributed by atoms with Gasteiger partial charge in [-0.05, 0) is 5.56 Å². The fourth-order valence-corrected chi connectivity index (χ4v) is 1.55. The highest BCUT2D eigenvalue weighted by molar-refractivity contribution is 5.75. The lowest BCUT2D eigenvalue weighted by atomic mass is 10.2. The molecular weight excluding hydrogens is 230 g/mol. The van der Waals surface area contributed by atoms with Gasteiger partial charge in [-0.3, -0.25) is 4.79 Å². The highest BCUT2D eigenvalue weighted by Crippen LogP contribution is 2.03. The third-order valence-electron chi connectivity index (χ3n) is 2.52. The first kappa shape index (κ1) is 12.3. The molecule has 1 atom stereocenters. The van der Waals surface area contributed by atoms with Crippen LogP contribution in [0.4, 0.5) is 0 Å². The van der Waals surface area contributed by atoms with Crippen molar-refractivity contribution in [1.82, 2.24) is 9.97 Å². The van der Waals surface area contributed by atoms with Crippen LogP contribution in [0.5, 0.6) is 0 Å². The number of carbonyl (C=O) groups is 1. The second kappa shape index (κ2) is 5.97. The van der Waals surface area contributed by atoms with Gasteiger partial charge in [-0.25, -0.2) is 4.98 Å². The molecule has 1 aromatic heterocycles. The molecule has 2 aromatic rings. The predicted octanol–water partition coefficient (Wildman–Crippen LogP) is 1.02. The summed E-state index contributed by atoms with van der Waals surface area (Å²) in [6.45, 7) is 0.246. The van der Waals surface area contributed by atoms with E-state index in [2.05, 4.69) is 9.97 Å². The number of nitrogens with zero attached hydrogens (tertiary/aromatic N) is 1. The van der Waals surface area contributed by atoms with Gasteiger partial charge >= 0.3 is 5.97 Å². The topological polar surface area (TPSA) is 81.0 Å². The van der Waals surface area contributed by atoms with Gasteiger partial charge in [0.1, 0.15) is 12.6 Å². The standard InChI is InChI=1S/C13H15N3O2/c14-12(6-11-7-15-9-16-11)13(17)18-8-10-4-2-1-3-5-10/h1-5,7,9,12H,6,8,14H2,(H,15,16)/t12-/m1/s1. The predicted molar refractivity (Wildman–Crippen MR) is 66.5 cm³/mol. The monoisotopic (exact) mass is 245 g/mol. The van der Waals surface area contributed by atoms with Crippen molar-refractivity contribution in [3.63, 3.8) is 0 Å². The number of nitrogens with one attached hydrogen (secondary N) is 1. The van der Waals surface area contributed by atoms with Crippen LogP contribution in [0.25, 0.3) is 0 Å². The number of imidazole rings is 1. The van der Waals surface area contributed by atoms with Crippen molar-refractivity contribution in [2.24, 2.45) is 5.73 Å². The molecule has 0 saturated heterocycles. The first-order chi connectivity index (χ1) is 8.75. The van der Waals surface area contributed by atoms with Crippen molar-refractivity contribution >= 4 is 5.97 Å². The maximum atomic E-state index is 11.7. The van der Waals surface area contributed by atoms with Crippen LogP contribution in [0.3, 0.4) is 0 Å². The highest BCUT2D eigenvalue weighted by Gasteiger charge is 2.16. The summed E-state index contributed by atoms with van der Waals surface area (Å²) in [4.78, 5) is 18.4. The summed E-state index contributed by atoms with van der Waals surface area (Å²) in [5, 5.41) is 0. The second-order valence-corrected chi connectivity index (χ2v) is 3.98. The van der Waals surface area contributed by atoms with Crippen LogP contribution in [-0.2, 0) is 22.6 Å². The summed E-state index contributed by atoms with van der Waals surface area (Å²) in [5.41, 5.74) is 7.51. The van der Waals surface area contributed by atoms with Crippen LogP contribution < -0.4 is 5.73 Å². The van der Waals surface area contributed by atoms with E-state index < -0.39 is 12.0 Å². The van der Waals surface area contributed by atoms with Gasteiger partial charge in [0, 0.05) is 18.3 Å². The molecule has 5 heteroatoms. The molecule has 3 N–H and O–H groups in total. The molecule has 1 aromatic carbocycles. The summed E-state index contributed by atoms with van der Waals surface area (Å²) in [6.07, 6.45) is 3.59. The molecule has 0 bridgehead atoms. The Balaban J connectivity index is 1.81. The lowest BCUT2D eigenvalue weighted by Crippen LogP contribution is -2.34. The number of aromatic nitrogens is 2. The molecule has 0 radical (unpaired) electrons. The van der Waals surface area contributed by atoms with E-state index in [0.29, 0.717) is 6.42 Å². The molecule has 0 unspecified atom stereocenters. The van der Waals surface area contributed by atoms with Crippen molar-refractivity contribution in [2.45, 2.75) is 19.1 Å². The molecule has 1 heterocycles. The quantitative estimate of drug-likeness (QED) is 0.771. The minimum absolute atomic E-state index is 0.246. The summed E-state index contributed by atoms with van der Waals surface area (Å²) >= 11 is 0. The Labute approximate surface area is 105 Å². The van der Waals surface area contributed by atoms with Crippen molar-refractivity contribution in [1.29, 1.82) is 0 Å². The molecule has 2 rings (SSSR count). The third kappa shape index (κ3) is 3.43. The molecule has 0 spiro atoms. The first-order valence-corrected chi connectivity index (χ1v) is 5.69. The zero-order valence-corrected chi connectivity index (χ0v) is 9.87. The van der Waals surface area contributed by atoms with Crippen molar-refractivity contribution in [2.75, 3.05) is 0 Å². The maximum absolute atomic E-state index is 11.7. The maximum Gasteiger partial charge on any atom is 0.323 e. The molecule has 0 aliphatic heterocycles. The Morgan fingerprint density at radius 2 is 2.17 bits per heavy atom. The molecule has 5 nitrogen and oxygen atoms in total. The summed E-state index contributed by atoms with van der Waals surface area (Å²) < 4.78 is 5.14. The van der Waals surface area contributed by atoms with E-state index in [0.717, 1.165) is 11.3 Å². The fourth-order valence-electron chi connectivity index (χ4n) is 1.55. The van der Waals surface area contributed by atoms with Gasteiger partial charge in [0.25, 0.3) is 0 Å². The number of nitrogens with two attached hydrogens (primary N) is 1. The Morgan fingerprint density at radius 3 is 2.83 bits per heavy atom. The van der Waals surface area contributed by atoms with E-state index in [-0.39, 0.29) is 6.61 Å². The molecule has 0 amide bonds. The zero-order valence-electron chi connectivity index (χ0n) is 9.87. The molecule has 0 saturated carbocycles. The number of H-pyrrole nitrogens is 1. The SMILES string of the molecule is N[C@H](Cc1cnc[nH]1)C(=O)OCc1ccccc1. The summed E-state index contributed by atoms with van der Waals surface area (Å²) in [6, 6.07) is 8.83. The molecule has 18 heavy (non-hydrogen) atoms. The van der Waals surface area contributed by atoms with Crippen molar-refractivity contribution in [3.8, 4) is 0 Å². The number of hydrogen-bond donors (Lipinski definition) is 2. The Hall–Kier alpha value is -2.14. The number of benzene rings is 1. The van der Waals surface area contributed by atoms with E-state index in [1.54, 1.807) is 12.5 Å². The van der Waals surface area contributed by atoms with E-state index in [9.17, 15) is 4.79 Å². The number of rotatable bonds is 5. The zero-order chi connectivity index (χ0) is 12.8. The fraction of sp³-hybridized carbons (Fsp3) is 0.231. The lowest BCUT2D eigenvalue weighted by molar-refractivity contribution is -0.146.